The zero-order valence-corrected chi connectivity index (χ0v) is 20.8. The Bertz CT molecular complexity index is 1010. The van der Waals surface area contributed by atoms with Crippen LogP contribution in [0.25, 0.3) is 0 Å². The smallest absolute Gasteiger partial charge is 0.259 e. The summed E-state index contributed by atoms with van der Waals surface area (Å²) in [6.07, 6.45) is 17.4. The summed E-state index contributed by atoms with van der Waals surface area (Å²) in [5, 5.41) is 16.3. The number of rotatable bonds is 1. The van der Waals surface area contributed by atoms with Crippen molar-refractivity contribution in [3.8, 4) is 0 Å². The molecule has 2 saturated carbocycles. The molecule has 0 aromatic carbocycles. The van der Waals surface area contributed by atoms with Gasteiger partial charge in [0.25, 0.3) is 5.91 Å². The van der Waals surface area contributed by atoms with Gasteiger partial charge in [0.05, 0.1) is 6.04 Å². The first-order chi connectivity index (χ1) is 16.9. The average molecular weight is 479 g/mol. The molecule has 2 aliphatic heterocycles. The third kappa shape index (κ3) is 4.41. The van der Waals surface area contributed by atoms with Gasteiger partial charge in [-0.15, -0.1) is 0 Å². The molecule has 6 nitrogen and oxygen atoms in total. The van der Waals surface area contributed by atoms with Crippen molar-refractivity contribution in [1.29, 1.82) is 0 Å². The summed E-state index contributed by atoms with van der Waals surface area (Å²) in [7, 11) is 0. The zero-order chi connectivity index (χ0) is 24.7. The molecule has 5 rings (SSSR count). The number of fused-ring (bicyclic) bond motifs is 7. The first-order valence-electron chi connectivity index (χ1n) is 13.5. The summed E-state index contributed by atoms with van der Waals surface area (Å²) in [6.45, 7) is 5.14. The minimum atomic E-state index is -0.645. The number of ketones is 1. The van der Waals surface area contributed by atoms with Gasteiger partial charge in [0, 0.05) is 6.54 Å². The largest absolute Gasteiger partial charge is 0.507 e. The molecule has 3 N–H and O–H groups in total. The third-order valence-electron chi connectivity index (χ3n) is 9.52. The lowest BCUT2D eigenvalue weighted by molar-refractivity contribution is -0.118. The number of hydrogen-bond donors (Lipinski definition) is 3. The van der Waals surface area contributed by atoms with Crippen LogP contribution in [-0.4, -0.2) is 35.3 Å². The maximum absolute atomic E-state index is 12.8. The molecule has 3 fully saturated rings. The zero-order valence-electron chi connectivity index (χ0n) is 20.8. The Labute approximate surface area is 208 Å². The first kappa shape index (κ1) is 24.1. The number of amides is 2. The molecule has 0 spiro atoms. The van der Waals surface area contributed by atoms with Gasteiger partial charge < -0.3 is 15.7 Å². The topological polar surface area (TPSA) is 95.5 Å². The molecule has 9 unspecified atom stereocenters. The van der Waals surface area contributed by atoms with Gasteiger partial charge in [-0.05, 0) is 91.6 Å². The van der Waals surface area contributed by atoms with Gasteiger partial charge in [-0.1, -0.05) is 44.6 Å². The Hall–Kier alpha value is -2.63. The lowest BCUT2D eigenvalue weighted by atomic mass is 9.69. The summed E-state index contributed by atoms with van der Waals surface area (Å²) < 4.78 is 0. The van der Waals surface area contributed by atoms with E-state index in [0.29, 0.717) is 49.0 Å². The molecule has 2 amide bonds. The highest BCUT2D eigenvalue weighted by atomic mass is 16.3. The van der Waals surface area contributed by atoms with E-state index in [-0.39, 0.29) is 28.9 Å². The van der Waals surface area contributed by atoms with Crippen molar-refractivity contribution < 1.29 is 19.5 Å². The number of aliphatic hydroxyl groups is 1. The van der Waals surface area contributed by atoms with E-state index in [9.17, 15) is 19.5 Å². The second-order valence-electron chi connectivity index (χ2n) is 11.3. The molecule has 2 bridgehead atoms. The minimum absolute atomic E-state index is 0.117. The van der Waals surface area contributed by atoms with Crippen molar-refractivity contribution in [3.63, 3.8) is 0 Å². The van der Waals surface area contributed by atoms with Gasteiger partial charge in [0.2, 0.25) is 5.91 Å². The van der Waals surface area contributed by atoms with Gasteiger partial charge in [-0.2, -0.15) is 0 Å². The average Bonchev–Trinajstić information content (AvgIpc) is 3.44. The quantitative estimate of drug-likeness (QED) is 0.392. The fourth-order valence-electron chi connectivity index (χ4n) is 7.92. The number of Topliss-reactive ketones (excluding diaryl/α,β-unsaturated/α-hetero) is 1. The molecule has 0 aromatic rings. The van der Waals surface area contributed by atoms with Gasteiger partial charge in [-0.25, -0.2) is 0 Å². The van der Waals surface area contributed by atoms with Crippen molar-refractivity contribution in [2.75, 3.05) is 6.54 Å². The van der Waals surface area contributed by atoms with Crippen LogP contribution in [-0.2, 0) is 14.4 Å². The van der Waals surface area contributed by atoms with Gasteiger partial charge in [0.15, 0.2) is 5.78 Å². The van der Waals surface area contributed by atoms with Crippen molar-refractivity contribution in [1.82, 2.24) is 10.6 Å². The molecule has 1 saturated heterocycles. The number of aliphatic hydroxyl groups excluding tert-OH is 1. The highest BCUT2D eigenvalue weighted by Crippen LogP contribution is 2.59. The monoisotopic (exact) mass is 478 g/mol. The number of carbonyl (C=O) groups excluding carboxylic acids is 3. The van der Waals surface area contributed by atoms with E-state index in [1.165, 1.54) is 12.8 Å². The van der Waals surface area contributed by atoms with E-state index in [4.69, 9.17) is 0 Å². The molecule has 0 radical (unpaired) electrons. The summed E-state index contributed by atoms with van der Waals surface area (Å²) in [4.78, 5) is 37.6. The van der Waals surface area contributed by atoms with E-state index in [0.717, 1.165) is 24.7 Å². The molecule has 0 aromatic heterocycles. The minimum Gasteiger partial charge on any atom is -0.507 e. The van der Waals surface area contributed by atoms with E-state index in [1.807, 2.05) is 12.2 Å². The molecular formula is C29H38N2O4. The van der Waals surface area contributed by atoms with E-state index in [1.54, 1.807) is 12.2 Å². The molecule has 2 heterocycles. The van der Waals surface area contributed by atoms with E-state index in [2.05, 4.69) is 36.6 Å². The number of hydrogen-bond acceptors (Lipinski definition) is 4. The summed E-state index contributed by atoms with van der Waals surface area (Å²) >= 11 is 0. The Kier molecular flexibility index (Phi) is 6.73. The van der Waals surface area contributed by atoms with Crippen LogP contribution in [0, 0.1) is 47.3 Å². The lowest BCUT2D eigenvalue weighted by Gasteiger charge is -2.35. The highest BCUT2D eigenvalue weighted by Gasteiger charge is 2.52. The van der Waals surface area contributed by atoms with Gasteiger partial charge >= 0.3 is 0 Å². The number of carbonyl (C=O) groups is 3. The second kappa shape index (κ2) is 9.79. The maximum atomic E-state index is 12.8. The Balaban J connectivity index is 1.46. The van der Waals surface area contributed by atoms with Crippen LogP contribution in [0.1, 0.15) is 52.4 Å². The van der Waals surface area contributed by atoms with E-state index >= 15 is 0 Å². The van der Waals surface area contributed by atoms with Crippen LogP contribution < -0.4 is 10.6 Å². The third-order valence-corrected chi connectivity index (χ3v) is 9.52. The predicted molar refractivity (Wildman–Crippen MR) is 134 cm³/mol. The number of nitrogens with one attached hydrogen (secondary N) is 2. The van der Waals surface area contributed by atoms with Crippen LogP contribution in [0.15, 0.2) is 47.8 Å². The fourth-order valence-corrected chi connectivity index (χ4v) is 7.92. The molecule has 3 aliphatic carbocycles. The van der Waals surface area contributed by atoms with Crippen LogP contribution in [0.5, 0.6) is 0 Å². The van der Waals surface area contributed by atoms with Crippen molar-refractivity contribution in [2.45, 2.75) is 58.4 Å². The van der Waals surface area contributed by atoms with Crippen LogP contribution in [0.4, 0.5) is 0 Å². The molecule has 6 heteroatoms. The maximum Gasteiger partial charge on any atom is 0.259 e. The summed E-state index contributed by atoms with van der Waals surface area (Å²) in [5.74, 6) is 3.16. The second-order valence-corrected chi connectivity index (χ2v) is 11.3. The predicted octanol–water partition coefficient (Wildman–Crippen LogP) is 4.02. The fraction of sp³-hybridized carbons (Fsp3) is 0.621. The van der Waals surface area contributed by atoms with Gasteiger partial charge in [-0.3, -0.25) is 14.4 Å². The summed E-state index contributed by atoms with van der Waals surface area (Å²) in [5.41, 5.74) is -0.135. The normalized spacial score (nSPS) is 45.3. The Morgan fingerprint density at radius 2 is 1.77 bits per heavy atom. The highest BCUT2D eigenvalue weighted by molar-refractivity contribution is 6.27. The molecule has 5 aliphatic rings. The molecule has 35 heavy (non-hydrogen) atoms. The molecule has 9 atom stereocenters. The molecule has 188 valence electrons. The van der Waals surface area contributed by atoms with E-state index < -0.39 is 11.9 Å². The lowest BCUT2D eigenvalue weighted by Crippen LogP contribution is -2.31. The van der Waals surface area contributed by atoms with Crippen LogP contribution in [0.3, 0.4) is 0 Å². The first-order valence-corrected chi connectivity index (χ1v) is 13.5. The van der Waals surface area contributed by atoms with Crippen molar-refractivity contribution in [2.24, 2.45) is 47.3 Å². The number of allylic oxidation sites excluding steroid dienone is 5. The van der Waals surface area contributed by atoms with Crippen LogP contribution in [0.2, 0.25) is 0 Å². The molecular weight excluding hydrogens is 440 g/mol. The van der Waals surface area contributed by atoms with Gasteiger partial charge in [0.1, 0.15) is 11.3 Å². The Morgan fingerprint density at radius 3 is 2.57 bits per heavy atom. The van der Waals surface area contributed by atoms with Crippen molar-refractivity contribution in [3.05, 3.63) is 47.8 Å². The standard InChI is InChI=1S/C29H38N2O4/c1-3-18-16(2)14-22-20(18)10-11-21-19-6-4-8-26(33)30-13-5-7-24-28(34)27(29(35)31-24)25(32)12-9-17(19)15-23(21)22/h4,8-12,16-24,32H,3,5-7,13-15H2,1-2H3,(H,30,33)(H,31,35)/b8-4-,12-9-,27-25-. The van der Waals surface area contributed by atoms with Crippen molar-refractivity contribution >= 4 is 17.6 Å². The van der Waals surface area contributed by atoms with Crippen LogP contribution >= 0.6 is 0 Å². The summed E-state index contributed by atoms with van der Waals surface area (Å²) in [6, 6.07) is -0.645. The SMILES string of the molecule is CCC1C(C)CC2C1C=CC1C3C/C=C\C(=O)NCCCC4NC(=O)/C(=C(O)/C=C\C3CC12)C4=O. The Morgan fingerprint density at radius 1 is 1.00 bits per heavy atom.